The molecule has 1 nitrogen and oxygen atoms in total. The molecule has 0 aliphatic heterocycles. The zero-order chi connectivity index (χ0) is 33.6. The van der Waals surface area contributed by atoms with Crippen LogP contribution in [0, 0.1) is 0 Å². The van der Waals surface area contributed by atoms with E-state index in [-0.39, 0.29) is 0 Å². The van der Waals surface area contributed by atoms with Crippen molar-refractivity contribution in [3.63, 3.8) is 0 Å². The van der Waals surface area contributed by atoms with Crippen LogP contribution < -0.4 is 4.90 Å². The van der Waals surface area contributed by atoms with Crippen LogP contribution in [-0.2, 0) is 0 Å². The molecule has 0 aromatic rings. The maximum Gasteiger partial charge on any atom is 0.505 e. The zero-order valence-electron chi connectivity index (χ0n) is 17.9. The Hall–Kier alpha value is -1.79. The van der Waals surface area contributed by atoms with Crippen molar-refractivity contribution in [2.45, 2.75) is 71.4 Å². The molecule has 0 bridgehead atoms. The van der Waals surface area contributed by atoms with E-state index in [9.17, 15) is 110 Å². The van der Waals surface area contributed by atoms with Crippen molar-refractivity contribution in [2.24, 2.45) is 0 Å². The summed E-state index contributed by atoms with van der Waals surface area (Å²) in [5.41, 5.74) is 0. The fourth-order valence-electron chi connectivity index (χ4n) is 2.23. The second kappa shape index (κ2) is 9.10. The minimum Gasteiger partial charge on any atom is -0.192 e. The zero-order valence-corrected chi connectivity index (χ0v) is 17.9. The number of halogens is 25. The van der Waals surface area contributed by atoms with Gasteiger partial charge < -0.3 is 0 Å². The van der Waals surface area contributed by atoms with Gasteiger partial charge in [-0.25, -0.2) is 0 Å². The van der Waals surface area contributed by atoms with Crippen molar-refractivity contribution >= 4 is 0 Å². The van der Waals surface area contributed by atoms with Crippen LogP contribution in [0.4, 0.5) is 110 Å². The summed E-state index contributed by atoms with van der Waals surface area (Å²) >= 11 is 0. The Bertz CT molecular complexity index is 922. The summed E-state index contributed by atoms with van der Waals surface area (Å²) in [5, 5.41) is 0. The van der Waals surface area contributed by atoms with Gasteiger partial charge in [0.2, 0.25) is 0 Å². The molecule has 0 fully saturated rings. The molecule has 0 unspecified atom stereocenters. The van der Waals surface area contributed by atoms with Crippen molar-refractivity contribution in [1.82, 2.24) is 4.90 Å². The summed E-state index contributed by atoms with van der Waals surface area (Å²) in [6.07, 6.45) is -8.16. The normalized spacial score (nSPS) is 17.1. The number of hydrogen-bond donors (Lipinski definition) is 0. The van der Waals surface area contributed by atoms with Gasteiger partial charge in [0.15, 0.2) is 0 Å². The maximum atomic E-state index is 13.6. The molecular formula is C14H6F25N+. The Balaban J connectivity index is 7.35. The monoisotopic (exact) mass is 663 g/mol. The molecular weight excluding hydrogens is 657 g/mol. The molecule has 0 heterocycles. The Kier molecular flexibility index (Phi) is 8.70. The van der Waals surface area contributed by atoms with Crippen LogP contribution in [-0.4, -0.2) is 85.5 Å². The highest BCUT2D eigenvalue weighted by molar-refractivity contribution is 5.19. The van der Waals surface area contributed by atoms with Gasteiger partial charge in [0.1, 0.15) is 14.1 Å². The number of alkyl halides is 25. The molecule has 1 radical (unpaired) electrons. The predicted molar refractivity (Wildman–Crippen MR) is 74.5 cm³/mol. The van der Waals surface area contributed by atoms with E-state index in [2.05, 4.69) is 0 Å². The van der Waals surface area contributed by atoms with Gasteiger partial charge in [-0.15, -0.1) is 13.7 Å². The lowest BCUT2D eigenvalue weighted by Crippen LogP contribution is -2.78. The lowest BCUT2D eigenvalue weighted by Gasteiger charge is -2.45. The average Bonchev–Trinajstić information content (AvgIpc) is 2.71. The van der Waals surface area contributed by atoms with Crippen LogP contribution in [0.1, 0.15) is 0 Å². The lowest BCUT2D eigenvalue weighted by atomic mass is 9.85. The molecule has 0 N–H and O–H groups in total. The van der Waals surface area contributed by atoms with Crippen molar-refractivity contribution in [1.29, 1.82) is 0 Å². The highest BCUT2D eigenvalue weighted by Crippen LogP contribution is 2.67. The van der Waals surface area contributed by atoms with Crippen LogP contribution in [0.5, 0.6) is 0 Å². The standard InChI is InChI=1S/C14H6F25N/c1-40(2)14(38,39)12(33,34)10(29,30)8(25,26)6(21,22)4(17,18)3(15,16)5(19,20)7(23,24)9(27,28)11(31,32)13(35,36)37/h1-2H3/q+1. The van der Waals surface area contributed by atoms with Gasteiger partial charge in [-0.05, 0) is 0 Å². The fourth-order valence-corrected chi connectivity index (χ4v) is 2.23. The van der Waals surface area contributed by atoms with E-state index in [0.29, 0.717) is 0 Å². The predicted octanol–water partition coefficient (Wildman–Crippen LogP) is 7.89. The Morgan fingerprint density at radius 2 is 0.400 bits per heavy atom. The number of rotatable bonds is 11. The van der Waals surface area contributed by atoms with Gasteiger partial charge in [-0.2, -0.15) is 101 Å². The fraction of sp³-hybridized carbons (Fsp3) is 1.00. The van der Waals surface area contributed by atoms with Gasteiger partial charge in [0.25, 0.3) is 0 Å². The third kappa shape index (κ3) is 4.21. The number of hydrogen-bond acceptors (Lipinski definition) is 1. The summed E-state index contributed by atoms with van der Waals surface area (Å²) in [6.45, 7) is 0. The Labute approximate surface area is 201 Å². The van der Waals surface area contributed by atoms with E-state index in [4.69, 9.17) is 0 Å². The SMILES string of the molecule is C[N+](C)C(F)(F)C(F)(F)C(F)(F)C(F)(F)C(F)(F)C(F)(F)C(F)(F)C(F)(F)C(F)(F)C(F)(F)C(F)(F)C(F)(F)F. The van der Waals surface area contributed by atoms with E-state index >= 15 is 0 Å². The molecule has 0 aliphatic carbocycles. The van der Waals surface area contributed by atoms with Crippen LogP contribution in [0.25, 0.3) is 0 Å². The first-order valence-corrected chi connectivity index (χ1v) is 8.59. The molecule has 0 rings (SSSR count). The summed E-state index contributed by atoms with van der Waals surface area (Å²) in [5.74, 6) is -91.2. The van der Waals surface area contributed by atoms with Gasteiger partial charge in [-0.3, -0.25) is 0 Å². The molecule has 0 saturated carbocycles. The number of nitrogens with zero attached hydrogens (tertiary/aromatic N) is 1. The highest BCUT2D eigenvalue weighted by Gasteiger charge is 3.00. The van der Waals surface area contributed by atoms with Crippen LogP contribution >= 0.6 is 0 Å². The van der Waals surface area contributed by atoms with Crippen LogP contribution in [0.2, 0.25) is 0 Å². The summed E-state index contributed by atoms with van der Waals surface area (Å²) in [4.78, 5) is -1.51. The van der Waals surface area contributed by atoms with Gasteiger partial charge in [0, 0.05) is 0 Å². The van der Waals surface area contributed by atoms with Crippen molar-refractivity contribution < 1.29 is 110 Å². The van der Waals surface area contributed by atoms with Crippen molar-refractivity contribution in [2.75, 3.05) is 14.1 Å². The second-order valence-electron chi connectivity index (χ2n) is 7.68. The van der Waals surface area contributed by atoms with E-state index in [0.717, 1.165) is 0 Å². The maximum absolute atomic E-state index is 13.6. The molecule has 40 heavy (non-hydrogen) atoms. The topological polar surface area (TPSA) is 5.90 Å². The molecule has 0 aromatic heterocycles. The van der Waals surface area contributed by atoms with E-state index in [1.54, 1.807) is 0 Å². The quantitative estimate of drug-likeness (QED) is 0.121. The minimum atomic E-state index is -9.57. The highest BCUT2D eigenvalue weighted by atomic mass is 19.4. The summed E-state index contributed by atoms with van der Waals surface area (Å²) in [6, 6.07) is -6.85. The summed E-state index contributed by atoms with van der Waals surface area (Å²) in [7, 11) is -0.828. The third-order valence-corrected chi connectivity index (χ3v) is 4.84. The lowest BCUT2D eigenvalue weighted by molar-refractivity contribution is -0.483. The summed E-state index contributed by atoms with van der Waals surface area (Å²) < 4.78 is 330. The largest absolute Gasteiger partial charge is 0.505 e. The first-order valence-electron chi connectivity index (χ1n) is 8.59. The molecule has 26 heteroatoms. The van der Waals surface area contributed by atoms with E-state index in [1.807, 2.05) is 0 Å². The van der Waals surface area contributed by atoms with E-state index < -0.39 is 90.4 Å². The van der Waals surface area contributed by atoms with Gasteiger partial charge in [-0.1, -0.05) is 0 Å². The molecule has 0 saturated heterocycles. The first-order chi connectivity index (χ1) is 16.7. The molecule has 0 amide bonds. The average molecular weight is 663 g/mol. The molecule has 0 atom stereocenters. The van der Waals surface area contributed by atoms with Crippen molar-refractivity contribution in [3.05, 3.63) is 0 Å². The van der Waals surface area contributed by atoms with Gasteiger partial charge >= 0.3 is 71.4 Å². The molecule has 0 spiro atoms. The Morgan fingerprint density at radius 3 is 0.550 bits per heavy atom. The minimum absolute atomic E-state index is 0.414. The van der Waals surface area contributed by atoms with Crippen LogP contribution in [0.3, 0.4) is 0 Å². The molecule has 0 aliphatic rings. The Morgan fingerprint density at radius 1 is 0.250 bits per heavy atom. The molecule has 241 valence electrons. The smallest absolute Gasteiger partial charge is 0.192 e. The third-order valence-electron chi connectivity index (χ3n) is 4.84. The van der Waals surface area contributed by atoms with Crippen molar-refractivity contribution in [3.8, 4) is 0 Å². The van der Waals surface area contributed by atoms with Crippen LogP contribution in [0.15, 0.2) is 0 Å². The van der Waals surface area contributed by atoms with Gasteiger partial charge in [0.05, 0.1) is 0 Å². The first kappa shape index (κ1) is 38.2. The van der Waals surface area contributed by atoms with E-state index in [1.165, 1.54) is 0 Å². The second-order valence-corrected chi connectivity index (χ2v) is 7.68. The molecule has 0 aromatic carbocycles.